The van der Waals surface area contributed by atoms with Crippen molar-refractivity contribution in [1.82, 2.24) is 10.2 Å². The largest absolute Gasteiger partial charge is 0.340 e. The summed E-state index contributed by atoms with van der Waals surface area (Å²) in [5.41, 5.74) is -0.548. The Labute approximate surface area is 113 Å². The van der Waals surface area contributed by atoms with Crippen molar-refractivity contribution >= 4 is 23.6 Å². The van der Waals surface area contributed by atoms with Gasteiger partial charge in [0.25, 0.3) is 0 Å². The topological polar surface area (TPSA) is 49.4 Å². The van der Waals surface area contributed by atoms with Crippen molar-refractivity contribution < 1.29 is 9.59 Å². The molecule has 1 aliphatic heterocycles. The molecule has 1 spiro atoms. The van der Waals surface area contributed by atoms with E-state index in [0.29, 0.717) is 0 Å². The number of nitrogens with zero attached hydrogens (tertiary/aromatic N) is 1. The average molecular weight is 270 g/mol. The predicted molar refractivity (Wildman–Crippen MR) is 73.5 cm³/mol. The van der Waals surface area contributed by atoms with E-state index in [-0.39, 0.29) is 18.4 Å². The standard InChI is InChI=1S/C13H22N2O2S/c1-2-18-9-5-8-15-10-11(16)14-13(12(15)17)6-3-4-7-13/h2-10H2,1H3,(H,14,16). The molecule has 0 bridgehead atoms. The van der Waals surface area contributed by atoms with E-state index in [0.717, 1.165) is 50.2 Å². The first-order valence-corrected chi connectivity index (χ1v) is 8.01. The van der Waals surface area contributed by atoms with Gasteiger partial charge in [-0.25, -0.2) is 0 Å². The first-order valence-electron chi connectivity index (χ1n) is 6.86. The molecule has 1 N–H and O–H groups in total. The number of carbonyl (C=O) groups excluding carboxylic acids is 2. The van der Waals surface area contributed by atoms with Crippen LogP contribution in [0.5, 0.6) is 0 Å². The molecule has 2 rings (SSSR count). The van der Waals surface area contributed by atoms with Crippen molar-refractivity contribution in [2.75, 3.05) is 24.6 Å². The molecule has 0 aromatic heterocycles. The summed E-state index contributed by atoms with van der Waals surface area (Å²) in [5, 5.41) is 2.94. The molecule has 0 aromatic rings. The Morgan fingerprint density at radius 3 is 2.72 bits per heavy atom. The zero-order chi connectivity index (χ0) is 13.0. The molecule has 2 fully saturated rings. The summed E-state index contributed by atoms with van der Waals surface area (Å²) >= 11 is 1.88. The average Bonchev–Trinajstić information content (AvgIpc) is 2.80. The molecule has 1 saturated carbocycles. The Bertz CT molecular complexity index is 327. The van der Waals surface area contributed by atoms with Gasteiger partial charge < -0.3 is 10.2 Å². The minimum atomic E-state index is -0.548. The first kappa shape index (κ1) is 13.7. The summed E-state index contributed by atoms with van der Waals surface area (Å²) in [6, 6.07) is 0. The molecule has 5 heteroatoms. The fourth-order valence-corrected chi connectivity index (χ4v) is 3.53. The summed E-state index contributed by atoms with van der Waals surface area (Å²) < 4.78 is 0. The molecule has 0 aromatic carbocycles. The summed E-state index contributed by atoms with van der Waals surface area (Å²) in [7, 11) is 0. The molecule has 1 aliphatic carbocycles. The van der Waals surface area contributed by atoms with E-state index in [4.69, 9.17) is 0 Å². The molecule has 1 heterocycles. The van der Waals surface area contributed by atoms with Gasteiger partial charge in [-0.3, -0.25) is 9.59 Å². The number of thioether (sulfide) groups is 1. The number of carbonyl (C=O) groups is 2. The number of hydrogen-bond acceptors (Lipinski definition) is 3. The number of piperazine rings is 1. The summed E-state index contributed by atoms with van der Waals surface area (Å²) in [5.74, 6) is 2.34. The summed E-state index contributed by atoms with van der Waals surface area (Å²) in [6.07, 6.45) is 4.71. The van der Waals surface area contributed by atoms with Crippen molar-refractivity contribution in [1.29, 1.82) is 0 Å². The quantitative estimate of drug-likeness (QED) is 0.768. The van der Waals surface area contributed by atoms with E-state index in [2.05, 4.69) is 12.2 Å². The van der Waals surface area contributed by atoms with E-state index in [1.165, 1.54) is 0 Å². The monoisotopic (exact) mass is 270 g/mol. The van der Waals surface area contributed by atoms with Crippen LogP contribution < -0.4 is 5.32 Å². The van der Waals surface area contributed by atoms with Gasteiger partial charge in [-0.1, -0.05) is 19.8 Å². The lowest BCUT2D eigenvalue weighted by atomic mass is 9.93. The third kappa shape index (κ3) is 2.82. The maximum Gasteiger partial charge on any atom is 0.248 e. The Hall–Kier alpha value is -0.710. The molecule has 18 heavy (non-hydrogen) atoms. The predicted octanol–water partition coefficient (Wildman–Crippen LogP) is 1.40. The molecule has 1 saturated heterocycles. The maximum atomic E-state index is 12.5. The number of nitrogens with one attached hydrogen (secondary N) is 1. The number of rotatable bonds is 5. The normalized spacial score (nSPS) is 22.6. The van der Waals surface area contributed by atoms with Crippen LogP contribution in [-0.2, 0) is 9.59 Å². The van der Waals surface area contributed by atoms with Gasteiger partial charge in [0, 0.05) is 6.54 Å². The van der Waals surface area contributed by atoms with E-state index in [9.17, 15) is 9.59 Å². The maximum absolute atomic E-state index is 12.5. The van der Waals surface area contributed by atoms with Crippen LogP contribution in [0.25, 0.3) is 0 Å². The van der Waals surface area contributed by atoms with Gasteiger partial charge >= 0.3 is 0 Å². The Morgan fingerprint density at radius 1 is 1.33 bits per heavy atom. The Balaban J connectivity index is 1.93. The highest BCUT2D eigenvalue weighted by Crippen LogP contribution is 2.33. The molecular formula is C13H22N2O2S. The third-order valence-corrected chi connectivity index (χ3v) is 4.77. The number of amides is 2. The lowest BCUT2D eigenvalue weighted by molar-refractivity contribution is -0.149. The smallest absolute Gasteiger partial charge is 0.248 e. The van der Waals surface area contributed by atoms with Crippen LogP contribution in [-0.4, -0.2) is 46.8 Å². The minimum Gasteiger partial charge on any atom is -0.340 e. The van der Waals surface area contributed by atoms with Crippen molar-refractivity contribution in [3.63, 3.8) is 0 Å². The van der Waals surface area contributed by atoms with E-state index < -0.39 is 5.54 Å². The van der Waals surface area contributed by atoms with Crippen LogP contribution in [0.15, 0.2) is 0 Å². The van der Waals surface area contributed by atoms with Gasteiger partial charge in [0.1, 0.15) is 5.54 Å². The van der Waals surface area contributed by atoms with E-state index >= 15 is 0 Å². The lowest BCUT2D eigenvalue weighted by Crippen LogP contribution is -2.65. The summed E-state index contributed by atoms with van der Waals surface area (Å²) in [4.78, 5) is 26.0. The van der Waals surface area contributed by atoms with Gasteiger partial charge in [-0.2, -0.15) is 11.8 Å². The van der Waals surface area contributed by atoms with Gasteiger partial charge in [-0.15, -0.1) is 0 Å². The number of hydrogen-bond donors (Lipinski definition) is 1. The fourth-order valence-electron chi connectivity index (χ4n) is 2.91. The van der Waals surface area contributed by atoms with Gasteiger partial charge in [0.2, 0.25) is 11.8 Å². The molecule has 0 radical (unpaired) electrons. The molecule has 0 unspecified atom stereocenters. The second-order valence-corrected chi connectivity index (χ2v) is 6.51. The van der Waals surface area contributed by atoms with Crippen LogP contribution in [0.1, 0.15) is 39.0 Å². The van der Waals surface area contributed by atoms with Crippen LogP contribution in [0.2, 0.25) is 0 Å². The molecule has 4 nitrogen and oxygen atoms in total. The second kappa shape index (κ2) is 5.95. The second-order valence-electron chi connectivity index (χ2n) is 5.11. The van der Waals surface area contributed by atoms with Crippen LogP contribution in [0.3, 0.4) is 0 Å². The van der Waals surface area contributed by atoms with Crippen molar-refractivity contribution in [3.8, 4) is 0 Å². The molecule has 0 atom stereocenters. The summed E-state index contributed by atoms with van der Waals surface area (Å²) in [6.45, 7) is 3.11. The SMILES string of the molecule is CCSCCCN1CC(=O)NC2(CCCC2)C1=O. The zero-order valence-electron chi connectivity index (χ0n) is 11.0. The van der Waals surface area contributed by atoms with Gasteiger partial charge in [0.15, 0.2) is 0 Å². The fraction of sp³-hybridized carbons (Fsp3) is 0.846. The third-order valence-electron chi connectivity index (χ3n) is 3.79. The first-order chi connectivity index (χ1) is 8.68. The molecule has 102 valence electrons. The van der Waals surface area contributed by atoms with Crippen molar-refractivity contribution in [2.24, 2.45) is 0 Å². The van der Waals surface area contributed by atoms with Gasteiger partial charge in [0.05, 0.1) is 6.54 Å². The molecular weight excluding hydrogens is 248 g/mol. The lowest BCUT2D eigenvalue weighted by Gasteiger charge is -2.39. The van der Waals surface area contributed by atoms with Crippen LogP contribution >= 0.6 is 11.8 Å². The highest BCUT2D eigenvalue weighted by molar-refractivity contribution is 7.99. The van der Waals surface area contributed by atoms with E-state index in [1.54, 1.807) is 4.90 Å². The molecule has 2 aliphatic rings. The van der Waals surface area contributed by atoms with Crippen LogP contribution in [0, 0.1) is 0 Å². The zero-order valence-corrected chi connectivity index (χ0v) is 11.9. The minimum absolute atomic E-state index is 0.0136. The Kier molecular flexibility index (Phi) is 4.54. The highest BCUT2D eigenvalue weighted by atomic mass is 32.2. The van der Waals surface area contributed by atoms with Gasteiger partial charge in [-0.05, 0) is 30.8 Å². The van der Waals surface area contributed by atoms with E-state index in [1.807, 2.05) is 11.8 Å². The van der Waals surface area contributed by atoms with Crippen LogP contribution in [0.4, 0.5) is 0 Å². The Morgan fingerprint density at radius 2 is 2.06 bits per heavy atom. The molecule has 2 amide bonds. The highest BCUT2D eigenvalue weighted by Gasteiger charge is 2.47. The van der Waals surface area contributed by atoms with Crippen molar-refractivity contribution in [2.45, 2.75) is 44.6 Å². The van der Waals surface area contributed by atoms with Crippen molar-refractivity contribution in [3.05, 3.63) is 0 Å².